The molecule has 2 fully saturated rings. The highest BCUT2D eigenvalue weighted by Crippen LogP contribution is 2.29. The largest absolute Gasteiger partial charge is 0.374 e. The minimum absolute atomic E-state index is 0.366. The molecule has 1 heterocycles. The van der Waals surface area contributed by atoms with Crippen LogP contribution in [-0.2, 0) is 4.74 Å². The topological polar surface area (TPSA) is 41.7 Å². The molecule has 4 nitrogen and oxygen atoms in total. The Morgan fingerprint density at radius 1 is 1.35 bits per heavy atom. The third kappa shape index (κ3) is 3.94. The Bertz CT molecular complexity index is 285. The maximum absolute atomic E-state index is 6.00. The maximum atomic E-state index is 6.00. The Morgan fingerprint density at radius 3 is 2.80 bits per heavy atom. The van der Waals surface area contributed by atoms with Gasteiger partial charge in [0.1, 0.15) is 0 Å². The van der Waals surface area contributed by atoms with E-state index in [9.17, 15) is 0 Å². The molecule has 0 aromatic carbocycles. The monoisotopic (exact) mass is 283 g/mol. The van der Waals surface area contributed by atoms with Gasteiger partial charge in [0.05, 0.1) is 12.7 Å². The second-order valence-electron chi connectivity index (χ2n) is 6.66. The Kier molecular flexibility index (Phi) is 6.27. The van der Waals surface area contributed by atoms with Crippen molar-refractivity contribution < 1.29 is 4.74 Å². The van der Waals surface area contributed by atoms with Gasteiger partial charge in [-0.2, -0.15) is 0 Å². The highest BCUT2D eigenvalue weighted by molar-refractivity contribution is 4.87. The smallest absolute Gasteiger partial charge is 0.0829 e. The van der Waals surface area contributed by atoms with Gasteiger partial charge in [-0.3, -0.25) is 9.80 Å². The summed E-state index contributed by atoms with van der Waals surface area (Å²) in [6.07, 6.45) is 4.33. The molecule has 3 unspecified atom stereocenters. The highest BCUT2D eigenvalue weighted by Gasteiger charge is 2.33. The van der Waals surface area contributed by atoms with Crippen LogP contribution >= 0.6 is 0 Å². The molecule has 0 aromatic heterocycles. The van der Waals surface area contributed by atoms with Gasteiger partial charge in [0.15, 0.2) is 0 Å². The summed E-state index contributed by atoms with van der Waals surface area (Å²) in [7, 11) is 0. The maximum Gasteiger partial charge on any atom is 0.0829 e. The molecule has 1 aliphatic carbocycles. The van der Waals surface area contributed by atoms with Gasteiger partial charge >= 0.3 is 0 Å². The summed E-state index contributed by atoms with van der Waals surface area (Å²) in [5.41, 5.74) is 5.95. The molecule has 0 bridgehead atoms. The van der Waals surface area contributed by atoms with Crippen LogP contribution in [0, 0.1) is 5.92 Å². The van der Waals surface area contributed by atoms with Gasteiger partial charge in [-0.15, -0.1) is 0 Å². The molecule has 0 radical (unpaired) electrons. The normalized spacial score (nSPS) is 32.4. The lowest BCUT2D eigenvalue weighted by atomic mass is 10.0. The zero-order valence-electron chi connectivity index (χ0n) is 13.6. The molecule has 1 saturated carbocycles. The van der Waals surface area contributed by atoms with Crippen LogP contribution in [0.2, 0.25) is 0 Å². The van der Waals surface area contributed by atoms with E-state index in [2.05, 4.69) is 30.6 Å². The standard InChI is InChI=1S/C16H33N3O/c1-4-18(16-7-5-6-14(16)10-17)11-15-12-19(13(2)3)8-9-20-15/h13-16H,4-12,17H2,1-3H3. The minimum Gasteiger partial charge on any atom is -0.374 e. The van der Waals surface area contributed by atoms with E-state index in [1.165, 1.54) is 19.3 Å². The van der Waals surface area contributed by atoms with E-state index in [-0.39, 0.29) is 0 Å². The minimum atomic E-state index is 0.366. The van der Waals surface area contributed by atoms with Crippen molar-refractivity contribution in [1.29, 1.82) is 0 Å². The second kappa shape index (κ2) is 7.74. The predicted octanol–water partition coefficient (Wildman–Crippen LogP) is 1.54. The molecule has 4 heteroatoms. The van der Waals surface area contributed by atoms with Crippen molar-refractivity contribution in [3.63, 3.8) is 0 Å². The van der Waals surface area contributed by atoms with E-state index in [4.69, 9.17) is 10.5 Å². The molecule has 2 aliphatic rings. The summed E-state index contributed by atoms with van der Waals surface area (Å²) >= 11 is 0. The van der Waals surface area contributed by atoms with Crippen LogP contribution < -0.4 is 5.73 Å². The number of morpholine rings is 1. The van der Waals surface area contributed by atoms with Crippen molar-refractivity contribution in [3.8, 4) is 0 Å². The molecule has 3 atom stereocenters. The number of rotatable bonds is 6. The summed E-state index contributed by atoms with van der Waals surface area (Å²) in [6.45, 7) is 12.9. The Hall–Kier alpha value is -0.160. The first-order valence-electron chi connectivity index (χ1n) is 8.45. The van der Waals surface area contributed by atoms with Crippen molar-refractivity contribution in [2.75, 3.05) is 39.3 Å². The van der Waals surface area contributed by atoms with Crippen LogP contribution in [0.4, 0.5) is 0 Å². The van der Waals surface area contributed by atoms with Crippen molar-refractivity contribution in [1.82, 2.24) is 9.80 Å². The van der Waals surface area contributed by atoms with Crippen molar-refractivity contribution in [3.05, 3.63) is 0 Å². The fourth-order valence-corrected chi connectivity index (χ4v) is 3.86. The first-order valence-corrected chi connectivity index (χ1v) is 8.45. The van der Waals surface area contributed by atoms with Crippen LogP contribution in [0.3, 0.4) is 0 Å². The molecule has 20 heavy (non-hydrogen) atoms. The van der Waals surface area contributed by atoms with Crippen LogP contribution in [0.25, 0.3) is 0 Å². The fraction of sp³-hybridized carbons (Fsp3) is 1.00. The number of likely N-dealkylation sites (N-methyl/N-ethyl adjacent to an activating group) is 1. The Labute approximate surface area is 124 Å². The van der Waals surface area contributed by atoms with Crippen LogP contribution in [0.15, 0.2) is 0 Å². The summed E-state index contributed by atoms with van der Waals surface area (Å²) < 4.78 is 6.00. The van der Waals surface area contributed by atoms with Gasteiger partial charge in [-0.1, -0.05) is 13.3 Å². The molecule has 0 aromatic rings. The molecular formula is C16H33N3O. The average molecular weight is 283 g/mol. The molecule has 2 rings (SSSR count). The van der Waals surface area contributed by atoms with Gasteiger partial charge in [0.2, 0.25) is 0 Å². The first kappa shape index (κ1) is 16.2. The fourth-order valence-electron chi connectivity index (χ4n) is 3.86. The van der Waals surface area contributed by atoms with Crippen LogP contribution in [0.5, 0.6) is 0 Å². The lowest BCUT2D eigenvalue weighted by Gasteiger charge is -2.40. The lowest BCUT2D eigenvalue weighted by molar-refractivity contribution is -0.0579. The third-order valence-corrected chi connectivity index (χ3v) is 5.14. The Morgan fingerprint density at radius 2 is 2.15 bits per heavy atom. The molecular weight excluding hydrogens is 250 g/mol. The summed E-state index contributed by atoms with van der Waals surface area (Å²) in [4.78, 5) is 5.16. The van der Waals surface area contributed by atoms with Crippen molar-refractivity contribution >= 4 is 0 Å². The van der Waals surface area contributed by atoms with Gasteiger partial charge in [-0.25, -0.2) is 0 Å². The van der Waals surface area contributed by atoms with Gasteiger partial charge in [-0.05, 0) is 45.7 Å². The molecule has 0 amide bonds. The van der Waals surface area contributed by atoms with Gasteiger partial charge in [0, 0.05) is 31.7 Å². The lowest BCUT2D eigenvalue weighted by Crippen LogP contribution is -2.52. The zero-order chi connectivity index (χ0) is 14.5. The number of hydrogen-bond donors (Lipinski definition) is 1. The van der Waals surface area contributed by atoms with E-state index in [0.717, 1.165) is 39.3 Å². The number of ether oxygens (including phenoxy) is 1. The summed E-state index contributed by atoms with van der Waals surface area (Å²) in [5.74, 6) is 0.694. The molecule has 1 aliphatic heterocycles. The van der Waals surface area contributed by atoms with E-state index in [1.807, 2.05) is 0 Å². The highest BCUT2D eigenvalue weighted by atomic mass is 16.5. The average Bonchev–Trinajstić information content (AvgIpc) is 2.93. The third-order valence-electron chi connectivity index (χ3n) is 5.14. The quantitative estimate of drug-likeness (QED) is 0.803. The van der Waals surface area contributed by atoms with Crippen LogP contribution in [-0.4, -0.2) is 67.3 Å². The molecule has 2 N–H and O–H groups in total. The Balaban J connectivity index is 1.89. The van der Waals surface area contributed by atoms with Gasteiger partial charge in [0.25, 0.3) is 0 Å². The molecule has 0 spiro atoms. The zero-order valence-corrected chi connectivity index (χ0v) is 13.6. The molecule has 118 valence electrons. The molecule has 1 saturated heterocycles. The van der Waals surface area contributed by atoms with Crippen molar-refractivity contribution in [2.45, 2.75) is 58.2 Å². The second-order valence-corrected chi connectivity index (χ2v) is 6.66. The van der Waals surface area contributed by atoms with E-state index < -0.39 is 0 Å². The summed E-state index contributed by atoms with van der Waals surface area (Å²) in [5, 5.41) is 0. The number of nitrogens with zero attached hydrogens (tertiary/aromatic N) is 2. The summed E-state index contributed by atoms with van der Waals surface area (Å²) in [6, 6.07) is 1.31. The first-order chi connectivity index (χ1) is 9.65. The van der Waals surface area contributed by atoms with Crippen LogP contribution in [0.1, 0.15) is 40.0 Å². The van der Waals surface area contributed by atoms with E-state index in [1.54, 1.807) is 0 Å². The van der Waals surface area contributed by atoms with E-state index in [0.29, 0.717) is 24.1 Å². The number of hydrogen-bond acceptors (Lipinski definition) is 4. The van der Waals surface area contributed by atoms with E-state index >= 15 is 0 Å². The SMILES string of the molecule is CCN(CC1CN(C(C)C)CCO1)C1CCCC1CN. The number of nitrogens with two attached hydrogens (primary N) is 1. The van der Waals surface area contributed by atoms with Gasteiger partial charge < -0.3 is 10.5 Å². The van der Waals surface area contributed by atoms with Crippen molar-refractivity contribution in [2.24, 2.45) is 11.7 Å². The predicted molar refractivity (Wildman–Crippen MR) is 83.9 cm³/mol.